The quantitative estimate of drug-likeness (QED) is 0.179. The zero-order chi connectivity index (χ0) is 32.1. The molecular formula is C46H26O2S. The average molecular weight is 643 g/mol. The van der Waals surface area contributed by atoms with Crippen molar-refractivity contribution in [2.75, 3.05) is 0 Å². The van der Waals surface area contributed by atoms with Crippen molar-refractivity contribution in [1.29, 1.82) is 0 Å². The summed E-state index contributed by atoms with van der Waals surface area (Å²) in [5.74, 6) is 0.846. The Bertz CT molecular complexity index is 3050. The van der Waals surface area contributed by atoms with Crippen molar-refractivity contribution in [2.45, 2.75) is 0 Å². The number of hydrogen-bond donors (Lipinski definition) is 0. The lowest BCUT2D eigenvalue weighted by Gasteiger charge is -2.18. The molecule has 3 heteroatoms. The van der Waals surface area contributed by atoms with Gasteiger partial charge < -0.3 is 8.83 Å². The highest BCUT2D eigenvalue weighted by Gasteiger charge is 2.27. The van der Waals surface area contributed by atoms with Gasteiger partial charge in [0.1, 0.15) is 22.5 Å². The van der Waals surface area contributed by atoms with Crippen molar-refractivity contribution >= 4 is 86.0 Å². The van der Waals surface area contributed by atoms with Crippen molar-refractivity contribution in [3.05, 3.63) is 158 Å². The van der Waals surface area contributed by atoms with E-state index in [-0.39, 0.29) is 0 Å². The van der Waals surface area contributed by atoms with E-state index in [4.69, 9.17) is 8.83 Å². The predicted octanol–water partition coefficient (Wildman–Crippen LogP) is 14.0. The lowest BCUT2D eigenvalue weighted by Crippen LogP contribution is -1.91. The van der Waals surface area contributed by atoms with Crippen LogP contribution in [0.2, 0.25) is 0 Å². The average Bonchev–Trinajstić information content (AvgIpc) is 3.85. The summed E-state index contributed by atoms with van der Waals surface area (Å²) < 4.78 is 16.2. The second-order valence-corrected chi connectivity index (χ2v) is 13.8. The Morgan fingerprint density at radius 1 is 0.347 bits per heavy atom. The van der Waals surface area contributed by atoms with E-state index >= 15 is 0 Å². The van der Waals surface area contributed by atoms with Gasteiger partial charge in [-0.15, -0.1) is 11.3 Å². The molecule has 0 unspecified atom stereocenters. The highest BCUT2D eigenvalue weighted by molar-refractivity contribution is 7.25. The van der Waals surface area contributed by atoms with Crippen LogP contribution >= 0.6 is 11.3 Å². The first-order chi connectivity index (χ1) is 24.3. The Kier molecular flexibility index (Phi) is 5.57. The molecule has 0 spiro atoms. The molecule has 3 heterocycles. The molecule has 0 radical (unpaired) electrons. The zero-order valence-corrected chi connectivity index (χ0v) is 27.1. The molecule has 0 atom stereocenters. The molecule has 0 fully saturated rings. The van der Waals surface area contributed by atoms with Crippen LogP contribution in [0.4, 0.5) is 0 Å². The summed E-state index contributed by atoms with van der Waals surface area (Å²) in [5.41, 5.74) is 8.26. The van der Waals surface area contributed by atoms with Crippen LogP contribution in [0, 0.1) is 0 Å². The first-order valence-corrected chi connectivity index (χ1v) is 17.4. The number of thiophene rings is 1. The lowest BCUT2D eigenvalue weighted by molar-refractivity contribution is 0.631. The standard InChI is InChI=1S/C46H26O2S/c1-2-12-27(13-3-1)45-44(43-38(48-45)25-24-36-29-14-8-10-20-37(29)47-46(36)43)42-34-18-6-4-16-32(34)41(33-17-5-7-19-35(33)42)28-22-23-31-30-15-9-11-21-39(30)49-40(31)26-28/h1-26H. The van der Waals surface area contributed by atoms with Gasteiger partial charge in [-0.1, -0.05) is 127 Å². The summed E-state index contributed by atoms with van der Waals surface area (Å²) in [6.45, 7) is 0. The van der Waals surface area contributed by atoms with Gasteiger partial charge in [0.15, 0.2) is 0 Å². The third-order valence-electron chi connectivity index (χ3n) is 10.1. The van der Waals surface area contributed by atoms with Gasteiger partial charge in [0.25, 0.3) is 0 Å². The molecule has 0 amide bonds. The molecule has 0 saturated heterocycles. The maximum absolute atomic E-state index is 6.87. The fourth-order valence-electron chi connectivity index (χ4n) is 7.99. The van der Waals surface area contributed by atoms with E-state index in [0.29, 0.717) is 0 Å². The SMILES string of the molecule is c1ccc(-c2oc3ccc4c5ccccc5oc4c3c2-c2c3ccccc3c(-c3ccc4c(c3)sc3ccccc34)c3ccccc23)cc1. The fraction of sp³-hybridized carbons (Fsp3) is 0. The van der Waals surface area contributed by atoms with Gasteiger partial charge in [-0.2, -0.15) is 0 Å². The first kappa shape index (κ1) is 26.9. The molecular weight excluding hydrogens is 617 g/mol. The summed E-state index contributed by atoms with van der Waals surface area (Å²) in [6.07, 6.45) is 0. The number of benzene rings is 8. The fourth-order valence-corrected chi connectivity index (χ4v) is 9.13. The molecule has 0 aliphatic carbocycles. The molecule has 228 valence electrons. The molecule has 0 aliphatic heterocycles. The molecule has 3 aromatic heterocycles. The Morgan fingerprint density at radius 3 is 1.69 bits per heavy atom. The van der Waals surface area contributed by atoms with E-state index in [0.717, 1.165) is 55.4 Å². The molecule has 11 aromatic rings. The maximum Gasteiger partial charge on any atom is 0.147 e. The molecule has 0 saturated carbocycles. The third-order valence-corrected chi connectivity index (χ3v) is 11.2. The van der Waals surface area contributed by atoms with Gasteiger partial charge in [0, 0.05) is 47.6 Å². The van der Waals surface area contributed by atoms with Crippen LogP contribution in [0.15, 0.2) is 167 Å². The number of rotatable bonds is 3. The number of fused-ring (bicyclic) bond motifs is 10. The highest BCUT2D eigenvalue weighted by Crippen LogP contribution is 2.52. The molecule has 0 aliphatic rings. The van der Waals surface area contributed by atoms with E-state index in [1.807, 2.05) is 23.5 Å². The smallest absolute Gasteiger partial charge is 0.147 e. The van der Waals surface area contributed by atoms with Crippen LogP contribution in [-0.4, -0.2) is 0 Å². The normalized spacial score (nSPS) is 12.1. The number of hydrogen-bond acceptors (Lipinski definition) is 3. The van der Waals surface area contributed by atoms with Gasteiger partial charge in [-0.05, 0) is 63.0 Å². The molecule has 49 heavy (non-hydrogen) atoms. The minimum atomic E-state index is 0.813. The van der Waals surface area contributed by atoms with E-state index < -0.39 is 0 Å². The van der Waals surface area contributed by atoms with Crippen LogP contribution in [-0.2, 0) is 0 Å². The Hall–Kier alpha value is -6.16. The summed E-state index contributed by atoms with van der Waals surface area (Å²) in [4.78, 5) is 0. The van der Waals surface area contributed by atoms with Gasteiger partial charge in [-0.3, -0.25) is 0 Å². The van der Waals surface area contributed by atoms with Crippen LogP contribution in [0.1, 0.15) is 0 Å². The van der Waals surface area contributed by atoms with Crippen LogP contribution < -0.4 is 0 Å². The Balaban J connectivity index is 1.30. The van der Waals surface area contributed by atoms with E-state index in [2.05, 4.69) is 146 Å². The van der Waals surface area contributed by atoms with Crippen molar-refractivity contribution in [1.82, 2.24) is 0 Å². The van der Waals surface area contributed by atoms with Crippen molar-refractivity contribution in [2.24, 2.45) is 0 Å². The minimum Gasteiger partial charge on any atom is -0.455 e. The molecule has 8 aromatic carbocycles. The molecule has 0 N–H and O–H groups in total. The Labute approximate surface area is 285 Å². The van der Waals surface area contributed by atoms with Gasteiger partial charge in [-0.25, -0.2) is 0 Å². The molecule has 11 rings (SSSR count). The molecule has 2 nitrogen and oxygen atoms in total. The van der Waals surface area contributed by atoms with Crippen LogP contribution in [0.25, 0.3) is 108 Å². The number of furan rings is 2. The highest BCUT2D eigenvalue weighted by atomic mass is 32.1. The lowest BCUT2D eigenvalue weighted by atomic mass is 9.84. The zero-order valence-electron chi connectivity index (χ0n) is 26.2. The van der Waals surface area contributed by atoms with E-state index in [9.17, 15) is 0 Å². The van der Waals surface area contributed by atoms with Crippen LogP contribution in [0.5, 0.6) is 0 Å². The second kappa shape index (κ2) is 10.2. The van der Waals surface area contributed by atoms with Gasteiger partial charge in [0.05, 0.1) is 5.39 Å². The summed E-state index contributed by atoms with van der Waals surface area (Å²) in [5, 5.41) is 10.6. The van der Waals surface area contributed by atoms with Crippen molar-refractivity contribution in [3.63, 3.8) is 0 Å². The Morgan fingerprint density at radius 2 is 0.939 bits per heavy atom. The van der Waals surface area contributed by atoms with Gasteiger partial charge >= 0.3 is 0 Å². The maximum atomic E-state index is 6.87. The predicted molar refractivity (Wildman–Crippen MR) is 208 cm³/mol. The summed E-state index contributed by atoms with van der Waals surface area (Å²) in [6, 6.07) is 56.4. The first-order valence-electron chi connectivity index (χ1n) is 16.6. The summed E-state index contributed by atoms with van der Waals surface area (Å²) in [7, 11) is 0. The second-order valence-electron chi connectivity index (χ2n) is 12.7. The van der Waals surface area contributed by atoms with Crippen molar-refractivity contribution < 1.29 is 8.83 Å². The summed E-state index contributed by atoms with van der Waals surface area (Å²) >= 11 is 1.86. The topological polar surface area (TPSA) is 26.3 Å². The van der Waals surface area contributed by atoms with Gasteiger partial charge in [0.2, 0.25) is 0 Å². The molecule has 0 bridgehead atoms. The monoisotopic (exact) mass is 642 g/mol. The third kappa shape index (κ3) is 3.82. The number of para-hydroxylation sites is 1. The van der Waals surface area contributed by atoms with E-state index in [1.54, 1.807) is 0 Å². The minimum absolute atomic E-state index is 0.813. The largest absolute Gasteiger partial charge is 0.455 e. The van der Waals surface area contributed by atoms with Crippen LogP contribution in [0.3, 0.4) is 0 Å². The van der Waals surface area contributed by atoms with E-state index in [1.165, 1.54) is 52.8 Å². The van der Waals surface area contributed by atoms with Crippen molar-refractivity contribution in [3.8, 4) is 33.6 Å².